The number of benzene rings is 2. The molecule has 7 nitrogen and oxygen atoms in total. The summed E-state index contributed by atoms with van der Waals surface area (Å²) in [6, 6.07) is 12.1. The summed E-state index contributed by atoms with van der Waals surface area (Å²) in [4.78, 5) is 25.5. The first-order valence-corrected chi connectivity index (χ1v) is 8.92. The molecular formula is C22H19NO6. The first-order valence-electron chi connectivity index (χ1n) is 8.92. The standard InChI is InChI=1S/C22H19NO6/c1-12-8-18-14(10-17(12)29-22(25)23(2)3)15(11-20(24)27-18)19-9-13-6-5-7-16(26-4)21(13)28-19/h5-11H,1-4H3. The van der Waals surface area contributed by atoms with Crippen LogP contribution in [0.1, 0.15) is 5.56 Å². The van der Waals surface area contributed by atoms with Crippen LogP contribution in [0.2, 0.25) is 0 Å². The van der Waals surface area contributed by atoms with Crippen LogP contribution in [0, 0.1) is 6.92 Å². The fourth-order valence-electron chi connectivity index (χ4n) is 3.12. The number of nitrogens with zero attached hydrogens (tertiary/aromatic N) is 1. The van der Waals surface area contributed by atoms with Gasteiger partial charge in [0.05, 0.1) is 7.11 Å². The largest absolute Gasteiger partial charge is 0.493 e. The second kappa shape index (κ2) is 7.01. The highest BCUT2D eigenvalue weighted by Crippen LogP contribution is 2.37. The fraction of sp³-hybridized carbons (Fsp3) is 0.182. The van der Waals surface area contributed by atoms with Crippen molar-refractivity contribution >= 4 is 28.0 Å². The maximum Gasteiger partial charge on any atom is 0.414 e. The number of hydrogen-bond donors (Lipinski definition) is 0. The van der Waals surface area contributed by atoms with Crippen LogP contribution in [-0.2, 0) is 0 Å². The van der Waals surface area contributed by atoms with Gasteiger partial charge in [0, 0.05) is 36.5 Å². The predicted octanol–water partition coefficient (Wildman–Crippen LogP) is 4.58. The van der Waals surface area contributed by atoms with Gasteiger partial charge in [-0.1, -0.05) is 12.1 Å². The molecule has 0 aliphatic heterocycles. The number of rotatable bonds is 3. The Balaban J connectivity index is 1.94. The van der Waals surface area contributed by atoms with Gasteiger partial charge in [0.25, 0.3) is 0 Å². The van der Waals surface area contributed by atoms with Crippen molar-refractivity contribution in [3.8, 4) is 22.8 Å². The highest BCUT2D eigenvalue weighted by Gasteiger charge is 2.18. The van der Waals surface area contributed by atoms with E-state index in [0.29, 0.717) is 44.9 Å². The molecule has 0 spiro atoms. The average Bonchev–Trinajstić information content (AvgIpc) is 3.12. The molecule has 148 valence electrons. The van der Waals surface area contributed by atoms with Crippen LogP contribution in [0.5, 0.6) is 11.5 Å². The van der Waals surface area contributed by atoms with E-state index in [-0.39, 0.29) is 0 Å². The zero-order chi connectivity index (χ0) is 20.7. The number of furan rings is 1. The van der Waals surface area contributed by atoms with E-state index in [2.05, 4.69) is 0 Å². The number of fused-ring (bicyclic) bond motifs is 2. The molecule has 0 unspecified atom stereocenters. The SMILES string of the molecule is COc1cccc2cc(-c3cc(=O)oc4cc(C)c(OC(=O)N(C)C)cc34)oc12. The molecule has 0 fully saturated rings. The van der Waals surface area contributed by atoms with Crippen LogP contribution in [0.25, 0.3) is 33.3 Å². The minimum atomic E-state index is -0.502. The average molecular weight is 393 g/mol. The number of methoxy groups -OCH3 is 1. The number of para-hydroxylation sites is 1. The molecule has 4 rings (SSSR count). The number of carbonyl (C=O) groups is 1. The Bertz CT molecular complexity index is 1300. The lowest BCUT2D eigenvalue weighted by atomic mass is 10.0. The molecule has 0 saturated carbocycles. The van der Waals surface area contributed by atoms with Gasteiger partial charge in [-0.15, -0.1) is 0 Å². The van der Waals surface area contributed by atoms with Crippen molar-refractivity contribution in [2.45, 2.75) is 6.92 Å². The molecule has 0 aliphatic rings. The van der Waals surface area contributed by atoms with Crippen LogP contribution < -0.4 is 15.1 Å². The van der Waals surface area contributed by atoms with E-state index in [4.69, 9.17) is 18.3 Å². The summed E-state index contributed by atoms with van der Waals surface area (Å²) in [6.45, 7) is 1.77. The van der Waals surface area contributed by atoms with E-state index in [1.54, 1.807) is 46.3 Å². The van der Waals surface area contributed by atoms with Gasteiger partial charge in [-0.2, -0.15) is 0 Å². The minimum absolute atomic E-state index is 0.375. The normalized spacial score (nSPS) is 11.0. The van der Waals surface area contributed by atoms with Crippen LogP contribution >= 0.6 is 0 Å². The first-order chi connectivity index (χ1) is 13.9. The molecule has 0 bridgehead atoms. The van der Waals surface area contributed by atoms with E-state index in [9.17, 15) is 9.59 Å². The molecule has 2 heterocycles. The molecule has 0 saturated heterocycles. The molecule has 0 N–H and O–H groups in total. The molecule has 1 amide bonds. The molecule has 2 aromatic carbocycles. The Morgan fingerprint density at radius 2 is 1.83 bits per heavy atom. The molecule has 7 heteroatoms. The Hall–Kier alpha value is -3.74. The Kier molecular flexibility index (Phi) is 4.50. The second-order valence-corrected chi connectivity index (χ2v) is 6.84. The second-order valence-electron chi connectivity index (χ2n) is 6.84. The summed E-state index contributed by atoms with van der Waals surface area (Å²) in [6.07, 6.45) is -0.500. The molecule has 0 radical (unpaired) electrons. The Morgan fingerprint density at radius 1 is 1.03 bits per heavy atom. The molecule has 4 aromatic rings. The van der Waals surface area contributed by atoms with Gasteiger partial charge >= 0.3 is 11.7 Å². The first kappa shape index (κ1) is 18.6. The number of amides is 1. The fourth-order valence-corrected chi connectivity index (χ4v) is 3.12. The summed E-state index contributed by atoms with van der Waals surface area (Å²) in [5.74, 6) is 1.45. The van der Waals surface area contributed by atoms with Crippen LogP contribution in [0.15, 0.2) is 56.1 Å². The quantitative estimate of drug-likeness (QED) is 0.474. The lowest BCUT2D eigenvalue weighted by Gasteiger charge is -2.13. The molecule has 0 atom stereocenters. The molecule has 2 aromatic heterocycles. The third-order valence-corrected chi connectivity index (χ3v) is 4.60. The van der Waals surface area contributed by atoms with Crippen LogP contribution in [0.4, 0.5) is 4.79 Å². The van der Waals surface area contributed by atoms with Crippen molar-refractivity contribution in [2.24, 2.45) is 0 Å². The third-order valence-electron chi connectivity index (χ3n) is 4.60. The lowest BCUT2D eigenvalue weighted by molar-refractivity contribution is 0.171. The zero-order valence-electron chi connectivity index (χ0n) is 16.4. The molecule has 29 heavy (non-hydrogen) atoms. The molecule has 0 aliphatic carbocycles. The third kappa shape index (κ3) is 3.31. The topological polar surface area (TPSA) is 82.1 Å². The van der Waals surface area contributed by atoms with Gasteiger partial charge in [-0.3, -0.25) is 0 Å². The smallest absolute Gasteiger partial charge is 0.414 e. The van der Waals surface area contributed by atoms with Crippen molar-refractivity contribution in [3.63, 3.8) is 0 Å². The Labute approximate surface area is 166 Å². The van der Waals surface area contributed by atoms with Gasteiger partial charge in [-0.25, -0.2) is 9.59 Å². The summed E-state index contributed by atoms with van der Waals surface area (Å²) in [5, 5.41) is 1.43. The molecular weight excluding hydrogens is 374 g/mol. The maximum atomic E-state index is 12.2. The number of ether oxygens (including phenoxy) is 2. The number of hydrogen-bond acceptors (Lipinski definition) is 6. The van der Waals surface area contributed by atoms with Crippen molar-refractivity contribution in [3.05, 3.63) is 58.4 Å². The van der Waals surface area contributed by atoms with Crippen LogP contribution in [-0.4, -0.2) is 32.2 Å². The van der Waals surface area contributed by atoms with E-state index in [0.717, 1.165) is 5.39 Å². The van der Waals surface area contributed by atoms with Crippen molar-refractivity contribution in [2.75, 3.05) is 21.2 Å². The monoisotopic (exact) mass is 393 g/mol. The summed E-state index contributed by atoms with van der Waals surface area (Å²) in [5.41, 5.74) is 1.66. The lowest BCUT2D eigenvalue weighted by Crippen LogP contribution is -2.25. The van der Waals surface area contributed by atoms with Crippen molar-refractivity contribution in [1.82, 2.24) is 4.90 Å². The highest BCUT2D eigenvalue weighted by atomic mass is 16.6. The van der Waals surface area contributed by atoms with Crippen molar-refractivity contribution in [1.29, 1.82) is 0 Å². The van der Waals surface area contributed by atoms with Crippen LogP contribution in [0.3, 0.4) is 0 Å². The van der Waals surface area contributed by atoms with E-state index >= 15 is 0 Å². The predicted molar refractivity (Wildman–Crippen MR) is 109 cm³/mol. The minimum Gasteiger partial charge on any atom is -0.493 e. The summed E-state index contributed by atoms with van der Waals surface area (Å²) >= 11 is 0. The zero-order valence-corrected chi connectivity index (χ0v) is 16.4. The van der Waals surface area contributed by atoms with E-state index in [1.165, 1.54) is 11.0 Å². The van der Waals surface area contributed by atoms with Gasteiger partial charge in [0.15, 0.2) is 11.3 Å². The van der Waals surface area contributed by atoms with E-state index < -0.39 is 11.7 Å². The van der Waals surface area contributed by atoms with Gasteiger partial charge in [0.2, 0.25) is 0 Å². The van der Waals surface area contributed by atoms with Gasteiger partial charge < -0.3 is 23.2 Å². The maximum absolute atomic E-state index is 12.2. The number of carbonyl (C=O) groups excluding carboxylic acids is 1. The number of aryl methyl sites for hydroxylation is 1. The summed E-state index contributed by atoms with van der Waals surface area (Å²) < 4.78 is 22.2. The summed E-state index contributed by atoms with van der Waals surface area (Å²) in [7, 11) is 4.77. The van der Waals surface area contributed by atoms with Crippen molar-refractivity contribution < 1.29 is 23.1 Å². The van der Waals surface area contributed by atoms with Gasteiger partial charge in [-0.05, 0) is 36.8 Å². The van der Waals surface area contributed by atoms with E-state index in [1.807, 2.05) is 18.2 Å². The Morgan fingerprint density at radius 3 is 2.55 bits per heavy atom. The van der Waals surface area contributed by atoms with Gasteiger partial charge in [0.1, 0.15) is 17.1 Å². The highest BCUT2D eigenvalue weighted by molar-refractivity contribution is 5.97.